The molecule has 1 aliphatic carbocycles. The fourth-order valence-electron chi connectivity index (χ4n) is 7.69. The molecule has 4 fully saturated rings. The summed E-state index contributed by atoms with van der Waals surface area (Å²) in [6.45, 7) is 7.95. The predicted octanol–water partition coefficient (Wildman–Crippen LogP) is 4.15. The van der Waals surface area contributed by atoms with E-state index in [0.29, 0.717) is 37.4 Å². The molecular formula is C31H43F2N9O2. The number of fused-ring (bicyclic) bond motifs is 1. The van der Waals surface area contributed by atoms with E-state index >= 15 is 0 Å². The molecule has 0 aromatic carbocycles. The van der Waals surface area contributed by atoms with Gasteiger partial charge in [-0.3, -0.25) is 9.48 Å². The van der Waals surface area contributed by atoms with Crippen molar-refractivity contribution in [3.05, 3.63) is 35.9 Å². The van der Waals surface area contributed by atoms with E-state index in [-0.39, 0.29) is 17.3 Å². The van der Waals surface area contributed by atoms with Gasteiger partial charge in [0.1, 0.15) is 11.4 Å². The topological polar surface area (TPSA) is 105 Å². The molecule has 3 saturated heterocycles. The molecule has 3 aliphatic heterocycles. The average Bonchev–Trinajstić information content (AvgIpc) is 3.68. The third kappa shape index (κ3) is 6.18. The Bertz CT molecular complexity index is 1430. The minimum Gasteiger partial charge on any atom is -0.378 e. The lowest BCUT2D eigenvalue weighted by Gasteiger charge is -2.44. The summed E-state index contributed by atoms with van der Waals surface area (Å²) in [7, 11) is 0. The van der Waals surface area contributed by atoms with Crippen LogP contribution < -0.4 is 15.5 Å². The second-order valence-corrected chi connectivity index (χ2v) is 13.1. The number of amides is 1. The van der Waals surface area contributed by atoms with E-state index in [1.165, 1.54) is 62.3 Å². The zero-order chi connectivity index (χ0) is 30.1. The molecule has 3 aromatic rings. The predicted molar refractivity (Wildman–Crippen MR) is 162 cm³/mol. The molecule has 1 spiro atoms. The van der Waals surface area contributed by atoms with Crippen molar-refractivity contribution in [2.75, 3.05) is 69.2 Å². The number of hydrogen-bond donors (Lipinski definition) is 2. The van der Waals surface area contributed by atoms with E-state index in [4.69, 9.17) is 4.74 Å². The molecule has 0 bridgehead atoms. The lowest BCUT2D eigenvalue weighted by molar-refractivity contribution is 0.0779. The molecule has 0 unspecified atom stereocenters. The van der Waals surface area contributed by atoms with Crippen molar-refractivity contribution in [1.82, 2.24) is 34.6 Å². The van der Waals surface area contributed by atoms with Gasteiger partial charge in [0.2, 0.25) is 0 Å². The van der Waals surface area contributed by atoms with Crippen LogP contribution in [-0.4, -0.2) is 94.2 Å². The highest BCUT2D eigenvalue weighted by Crippen LogP contribution is 2.45. The zero-order valence-corrected chi connectivity index (χ0v) is 25.3. The molecule has 0 radical (unpaired) electrons. The van der Waals surface area contributed by atoms with Crippen molar-refractivity contribution in [1.29, 1.82) is 0 Å². The van der Waals surface area contributed by atoms with Gasteiger partial charge in [-0.1, -0.05) is 0 Å². The fourth-order valence-corrected chi connectivity index (χ4v) is 7.69. The smallest absolute Gasteiger partial charge is 0.284 e. The number of aromatic nitrogens is 5. The number of hydrogen-bond acceptors (Lipinski definition) is 8. The van der Waals surface area contributed by atoms with Crippen LogP contribution in [0.2, 0.25) is 0 Å². The maximum absolute atomic E-state index is 14.1. The number of morpholine rings is 1. The minimum absolute atomic E-state index is 0.0218. The lowest BCUT2D eigenvalue weighted by Crippen LogP contribution is -2.42. The SMILES string of the molecule is O=C(Nc1cn(C2CCN(CC3CCC4(CCNCC4)CC3)CC2)nc1C(F)F)c1cnn2ccc(N3CCOCC3)nc12. The summed E-state index contributed by atoms with van der Waals surface area (Å²) in [6.07, 6.45) is 11.6. The first-order valence-electron chi connectivity index (χ1n) is 16.3. The van der Waals surface area contributed by atoms with Crippen LogP contribution in [-0.2, 0) is 4.74 Å². The van der Waals surface area contributed by atoms with Crippen molar-refractivity contribution in [3.8, 4) is 0 Å². The van der Waals surface area contributed by atoms with E-state index < -0.39 is 18.0 Å². The number of carbonyl (C=O) groups is 1. The van der Waals surface area contributed by atoms with Gasteiger partial charge in [-0.25, -0.2) is 18.3 Å². The molecule has 1 amide bonds. The van der Waals surface area contributed by atoms with Crippen molar-refractivity contribution < 1.29 is 18.3 Å². The van der Waals surface area contributed by atoms with E-state index in [1.807, 2.05) is 6.07 Å². The van der Waals surface area contributed by atoms with Crippen molar-refractivity contribution in [2.24, 2.45) is 11.3 Å². The van der Waals surface area contributed by atoms with Crippen LogP contribution in [0.1, 0.15) is 79.9 Å². The zero-order valence-electron chi connectivity index (χ0n) is 25.3. The molecule has 4 aliphatic rings. The monoisotopic (exact) mass is 611 g/mol. The van der Waals surface area contributed by atoms with E-state index in [1.54, 1.807) is 17.1 Å². The number of rotatable bonds is 7. The van der Waals surface area contributed by atoms with Gasteiger partial charge in [0.05, 0.1) is 31.1 Å². The fraction of sp³-hybridized carbons (Fsp3) is 0.677. The number of alkyl halides is 2. The quantitative estimate of drug-likeness (QED) is 0.411. The Morgan fingerprint density at radius 1 is 1.07 bits per heavy atom. The molecule has 2 N–H and O–H groups in total. The Labute approximate surface area is 256 Å². The van der Waals surface area contributed by atoms with Crippen molar-refractivity contribution >= 4 is 23.1 Å². The van der Waals surface area contributed by atoms with Gasteiger partial charge in [0, 0.05) is 45.1 Å². The van der Waals surface area contributed by atoms with Gasteiger partial charge in [-0.05, 0) is 81.9 Å². The Morgan fingerprint density at radius 2 is 1.82 bits per heavy atom. The highest BCUT2D eigenvalue weighted by atomic mass is 19.3. The first-order valence-corrected chi connectivity index (χ1v) is 16.3. The molecule has 0 atom stereocenters. The van der Waals surface area contributed by atoms with E-state index in [0.717, 1.165) is 44.2 Å². The second-order valence-electron chi connectivity index (χ2n) is 13.1. The van der Waals surface area contributed by atoms with E-state index in [2.05, 4.69) is 35.6 Å². The van der Waals surface area contributed by atoms with Gasteiger partial charge in [0.25, 0.3) is 12.3 Å². The standard InChI is InChI=1S/C31H43F2N9O2/c32-28(33)27-25(36-30(43)24-19-35-41-14-5-26(37-29(24)41)40-15-17-44-18-16-40)21-42(38-27)23-3-12-39(13-4-23)20-22-1-6-31(7-2-22)8-10-34-11-9-31/h5,14,19,21-23,28,34H,1-4,6-13,15-18,20H2,(H,36,43). The molecule has 11 nitrogen and oxygen atoms in total. The maximum Gasteiger partial charge on any atom is 0.284 e. The van der Waals surface area contributed by atoms with Gasteiger partial charge >= 0.3 is 0 Å². The first kappa shape index (κ1) is 29.5. The third-order valence-electron chi connectivity index (χ3n) is 10.4. The number of halogens is 2. The number of likely N-dealkylation sites (tertiary alicyclic amines) is 1. The van der Waals surface area contributed by atoms with E-state index in [9.17, 15) is 13.6 Å². The largest absolute Gasteiger partial charge is 0.378 e. The van der Waals surface area contributed by atoms with Crippen LogP contribution >= 0.6 is 0 Å². The maximum atomic E-state index is 14.1. The Hall–Kier alpha value is -3.16. The number of ether oxygens (including phenoxy) is 1. The van der Waals surface area contributed by atoms with Gasteiger partial charge in [-0.15, -0.1) is 0 Å². The van der Waals surface area contributed by atoms with Crippen LogP contribution in [0.4, 0.5) is 20.3 Å². The van der Waals surface area contributed by atoms with Crippen LogP contribution in [0.15, 0.2) is 24.7 Å². The lowest BCUT2D eigenvalue weighted by atomic mass is 9.65. The molecule has 44 heavy (non-hydrogen) atoms. The number of carbonyl (C=O) groups excluding carboxylic acids is 1. The van der Waals surface area contributed by atoms with Crippen molar-refractivity contribution in [2.45, 2.75) is 63.8 Å². The summed E-state index contributed by atoms with van der Waals surface area (Å²) in [5, 5.41) is 14.7. The van der Waals surface area contributed by atoms with Crippen LogP contribution in [0.5, 0.6) is 0 Å². The van der Waals surface area contributed by atoms with Gasteiger partial charge < -0.3 is 25.2 Å². The van der Waals surface area contributed by atoms with Crippen LogP contribution in [0.3, 0.4) is 0 Å². The molecule has 3 aromatic heterocycles. The summed E-state index contributed by atoms with van der Waals surface area (Å²) in [5.74, 6) is 0.932. The molecule has 7 rings (SSSR count). The summed E-state index contributed by atoms with van der Waals surface area (Å²) in [5.41, 5.74) is 0.792. The Morgan fingerprint density at radius 3 is 2.55 bits per heavy atom. The van der Waals surface area contributed by atoms with Crippen LogP contribution in [0, 0.1) is 11.3 Å². The molecule has 1 saturated carbocycles. The highest BCUT2D eigenvalue weighted by Gasteiger charge is 2.37. The highest BCUT2D eigenvalue weighted by molar-refractivity contribution is 6.08. The molecule has 238 valence electrons. The summed E-state index contributed by atoms with van der Waals surface area (Å²) < 4.78 is 36.8. The number of piperidine rings is 2. The Balaban J connectivity index is 0.977. The minimum atomic E-state index is -2.81. The van der Waals surface area contributed by atoms with Crippen molar-refractivity contribution in [3.63, 3.8) is 0 Å². The molecule has 13 heteroatoms. The van der Waals surface area contributed by atoms with Gasteiger partial charge in [0.15, 0.2) is 11.3 Å². The summed E-state index contributed by atoms with van der Waals surface area (Å²) in [4.78, 5) is 22.6. The second kappa shape index (κ2) is 12.7. The summed E-state index contributed by atoms with van der Waals surface area (Å²) in [6, 6.07) is 1.87. The third-order valence-corrected chi connectivity index (χ3v) is 10.4. The first-order chi connectivity index (χ1) is 21.5. The summed E-state index contributed by atoms with van der Waals surface area (Å²) >= 11 is 0. The average molecular weight is 612 g/mol. The normalized spacial score (nSPS) is 22.3. The number of nitrogens with zero attached hydrogens (tertiary/aromatic N) is 7. The molecule has 6 heterocycles. The van der Waals surface area contributed by atoms with Crippen LogP contribution in [0.25, 0.3) is 5.65 Å². The Kier molecular flexibility index (Phi) is 8.52. The van der Waals surface area contributed by atoms with Gasteiger partial charge in [-0.2, -0.15) is 10.2 Å². The molecular weight excluding hydrogens is 568 g/mol. The number of anilines is 2. The number of nitrogens with one attached hydrogen (secondary N) is 2.